The van der Waals surface area contributed by atoms with Gasteiger partial charge in [0.2, 0.25) is 11.8 Å². The predicted octanol–water partition coefficient (Wildman–Crippen LogP) is 2.88. The number of carbonyl (C=O) groups is 2. The van der Waals surface area contributed by atoms with Crippen molar-refractivity contribution in [3.8, 4) is 0 Å². The molecule has 1 aromatic rings. The fourth-order valence-corrected chi connectivity index (χ4v) is 4.41. The number of aliphatic hydroxyl groups is 1. The van der Waals surface area contributed by atoms with Crippen LogP contribution in [0.5, 0.6) is 0 Å². The van der Waals surface area contributed by atoms with Crippen LogP contribution in [-0.4, -0.2) is 59.5 Å². The summed E-state index contributed by atoms with van der Waals surface area (Å²) in [6, 6.07) is 5.19. The quantitative estimate of drug-likeness (QED) is 0.715. The smallest absolute Gasteiger partial charge is 0.396 e. The summed E-state index contributed by atoms with van der Waals surface area (Å²) in [4.78, 5) is 28.2. The van der Waals surface area contributed by atoms with E-state index in [1.165, 1.54) is 6.07 Å². The molecule has 1 N–H and O–H groups in total. The minimum Gasteiger partial charge on any atom is -0.396 e. The largest absolute Gasteiger partial charge is 0.416 e. The van der Waals surface area contributed by atoms with Gasteiger partial charge >= 0.3 is 6.18 Å². The van der Waals surface area contributed by atoms with E-state index in [-0.39, 0.29) is 30.8 Å². The van der Waals surface area contributed by atoms with Crippen molar-refractivity contribution in [2.45, 2.75) is 31.9 Å². The number of hydrogen-bond acceptors (Lipinski definition) is 3. The van der Waals surface area contributed by atoms with Crippen LogP contribution in [-0.2, 0) is 22.2 Å². The SMILES string of the molecule is C=CCN1C[C@H](C(=O)N2CCC(CO)(Cc3cccc(C(F)(F)F)c3)CC2)CC1=O. The van der Waals surface area contributed by atoms with Crippen molar-refractivity contribution < 1.29 is 27.9 Å². The Kier molecular flexibility index (Phi) is 6.55. The third-order valence-corrected chi connectivity index (χ3v) is 6.22. The second-order valence-corrected chi connectivity index (χ2v) is 8.35. The highest BCUT2D eigenvalue weighted by Crippen LogP contribution is 2.37. The lowest BCUT2D eigenvalue weighted by Crippen LogP contribution is -2.47. The van der Waals surface area contributed by atoms with E-state index in [0.717, 1.165) is 12.1 Å². The Bertz CT molecular complexity index is 801. The molecule has 1 atom stereocenters. The average molecular weight is 424 g/mol. The molecule has 3 rings (SSSR count). The fraction of sp³-hybridized carbons (Fsp3) is 0.545. The van der Waals surface area contributed by atoms with Gasteiger partial charge in [-0.15, -0.1) is 6.58 Å². The number of amides is 2. The molecule has 2 amide bonds. The highest BCUT2D eigenvalue weighted by atomic mass is 19.4. The first-order chi connectivity index (χ1) is 14.2. The van der Waals surface area contributed by atoms with Gasteiger partial charge in [-0.25, -0.2) is 0 Å². The number of alkyl halides is 3. The van der Waals surface area contributed by atoms with E-state index in [4.69, 9.17) is 0 Å². The molecule has 164 valence electrons. The van der Waals surface area contributed by atoms with Crippen molar-refractivity contribution in [2.24, 2.45) is 11.3 Å². The summed E-state index contributed by atoms with van der Waals surface area (Å²) >= 11 is 0. The van der Waals surface area contributed by atoms with Gasteiger partial charge in [0.25, 0.3) is 0 Å². The number of benzene rings is 1. The molecule has 2 saturated heterocycles. The molecular weight excluding hydrogens is 397 g/mol. The number of piperidine rings is 1. The van der Waals surface area contributed by atoms with Crippen LogP contribution in [0.25, 0.3) is 0 Å². The molecule has 0 radical (unpaired) electrons. The van der Waals surface area contributed by atoms with Crippen LogP contribution in [0.2, 0.25) is 0 Å². The summed E-state index contributed by atoms with van der Waals surface area (Å²) in [6.07, 6.45) is -1.25. The van der Waals surface area contributed by atoms with E-state index in [2.05, 4.69) is 6.58 Å². The highest BCUT2D eigenvalue weighted by Gasteiger charge is 2.40. The van der Waals surface area contributed by atoms with Crippen LogP contribution in [0.3, 0.4) is 0 Å². The van der Waals surface area contributed by atoms with Crippen molar-refractivity contribution in [1.29, 1.82) is 0 Å². The Morgan fingerprint density at radius 2 is 2.00 bits per heavy atom. The first-order valence-electron chi connectivity index (χ1n) is 10.1. The molecule has 0 bridgehead atoms. The maximum atomic E-state index is 13.0. The molecule has 0 unspecified atom stereocenters. The van der Waals surface area contributed by atoms with Gasteiger partial charge in [0, 0.05) is 44.6 Å². The molecule has 0 saturated carbocycles. The maximum absolute atomic E-state index is 13.0. The second kappa shape index (κ2) is 8.79. The minimum absolute atomic E-state index is 0.0560. The molecule has 2 fully saturated rings. The lowest BCUT2D eigenvalue weighted by atomic mass is 9.74. The molecule has 1 aromatic carbocycles. The van der Waals surface area contributed by atoms with Crippen LogP contribution >= 0.6 is 0 Å². The average Bonchev–Trinajstić information content (AvgIpc) is 3.08. The first-order valence-corrected chi connectivity index (χ1v) is 10.1. The van der Waals surface area contributed by atoms with Crippen molar-refractivity contribution in [2.75, 3.05) is 32.8 Å². The monoisotopic (exact) mass is 424 g/mol. The van der Waals surface area contributed by atoms with Gasteiger partial charge in [-0.05, 0) is 30.9 Å². The summed E-state index contributed by atoms with van der Waals surface area (Å²) in [7, 11) is 0. The summed E-state index contributed by atoms with van der Waals surface area (Å²) in [6.45, 7) is 5.12. The molecular formula is C22H27F3N2O3. The normalized spacial score (nSPS) is 21.7. The topological polar surface area (TPSA) is 60.9 Å². The van der Waals surface area contributed by atoms with Crippen molar-refractivity contribution >= 4 is 11.8 Å². The predicted molar refractivity (Wildman–Crippen MR) is 105 cm³/mol. The number of nitrogens with zero attached hydrogens (tertiary/aromatic N) is 2. The van der Waals surface area contributed by atoms with Gasteiger partial charge in [-0.1, -0.05) is 24.3 Å². The molecule has 5 nitrogen and oxygen atoms in total. The van der Waals surface area contributed by atoms with E-state index in [9.17, 15) is 27.9 Å². The molecule has 0 aliphatic carbocycles. The lowest BCUT2D eigenvalue weighted by molar-refractivity contribution is -0.139. The molecule has 2 aliphatic heterocycles. The number of rotatable bonds is 6. The van der Waals surface area contributed by atoms with Crippen LogP contribution in [0.4, 0.5) is 13.2 Å². The first kappa shape index (κ1) is 22.3. The van der Waals surface area contributed by atoms with Gasteiger partial charge in [0.15, 0.2) is 0 Å². The van der Waals surface area contributed by atoms with Crippen LogP contribution in [0.15, 0.2) is 36.9 Å². The molecule has 8 heteroatoms. The van der Waals surface area contributed by atoms with Crippen molar-refractivity contribution in [3.63, 3.8) is 0 Å². The van der Waals surface area contributed by atoms with E-state index in [1.54, 1.807) is 21.9 Å². The Morgan fingerprint density at radius 1 is 1.30 bits per heavy atom. The molecule has 2 heterocycles. The van der Waals surface area contributed by atoms with E-state index >= 15 is 0 Å². The highest BCUT2D eigenvalue weighted by molar-refractivity contribution is 5.89. The van der Waals surface area contributed by atoms with Gasteiger partial charge in [0.05, 0.1) is 11.5 Å². The number of likely N-dealkylation sites (tertiary alicyclic amines) is 2. The standard InChI is InChI=1S/C22H27F3N2O3/c1-2-8-27-14-17(12-19(27)29)20(30)26-9-6-21(15-28,7-10-26)13-16-4-3-5-18(11-16)22(23,24)25/h2-5,11,17,28H,1,6-10,12-15H2/t17-/m1/s1. The van der Waals surface area contributed by atoms with Gasteiger partial charge < -0.3 is 14.9 Å². The Hall–Kier alpha value is -2.35. The zero-order valence-corrected chi connectivity index (χ0v) is 16.8. The number of hydrogen-bond donors (Lipinski definition) is 1. The molecule has 0 aromatic heterocycles. The third-order valence-electron chi connectivity index (χ3n) is 6.22. The Morgan fingerprint density at radius 3 is 2.60 bits per heavy atom. The number of halogens is 3. The van der Waals surface area contributed by atoms with Gasteiger partial charge in [-0.2, -0.15) is 13.2 Å². The van der Waals surface area contributed by atoms with Gasteiger partial charge in [0.1, 0.15) is 0 Å². The Balaban J connectivity index is 1.62. The van der Waals surface area contributed by atoms with Crippen LogP contribution in [0, 0.1) is 11.3 Å². The second-order valence-electron chi connectivity index (χ2n) is 8.35. The molecule has 30 heavy (non-hydrogen) atoms. The minimum atomic E-state index is -4.41. The summed E-state index contributed by atoms with van der Waals surface area (Å²) < 4.78 is 39.0. The maximum Gasteiger partial charge on any atom is 0.416 e. The zero-order chi connectivity index (χ0) is 21.9. The number of aliphatic hydroxyl groups excluding tert-OH is 1. The Labute approximate surface area is 174 Å². The van der Waals surface area contributed by atoms with Crippen LogP contribution < -0.4 is 0 Å². The number of carbonyl (C=O) groups excluding carboxylic acids is 2. The van der Waals surface area contributed by atoms with E-state index in [1.807, 2.05) is 0 Å². The van der Waals surface area contributed by atoms with E-state index < -0.39 is 17.2 Å². The van der Waals surface area contributed by atoms with Crippen LogP contribution in [0.1, 0.15) is 30.4 Å². The molecule has 0 spiro atoms. The van der Waals surface area contributed by atoms with Crippen molar-refractivity contribution in [3.05, 3.63) is 48.0 Å². The lowest BCUT2D eigenvalue weighted by Gasteiger charge is -2.41. The summed E-state index contributed by atoms with van der Waals surface area (Å²) in [5, 5.41) is 10.0. The van der Waals surface area contributed by atoms with Crippen molar-refractivity contribution in [1.82, 2.24) is 9.80 Å². The fourth-order valence-electron chi connectivity index (χ4n) is 4.41. The van der Waals surface area contributed by atoms with E-state index in [0.29, 0.717) is 51.0 Å². The summed E-state index contributed by atoms with van der Waals surface area (Å²) in [5.74, 6) is -0.498. The third kappa shape index (κ3) is 4.86. The summed E-state index contributed by atoms with van der Waals surface area (Å²) in [5.41, 5.74) is -0.725. The zero-order valence-electron chi connectivity index (χ0n) is 16.8. The molecule has 2 aliphatic rings. The van der Waals surface area contributed by atoms with Gasteiger partial charge in [-0.3, -0.25) is 9.59 Å².